The summed E-state index contributed by atoms with van der Waals surface area (Å²) >= 11 is 0. The fourth-order valence-electron chi connectivity index (χ4n) is 2.46. The zero-order valence-electron chi connectivity index (χ0n) is 13.7. The third-order valence-electron chi connectivity index (χ3n) is 3.65. The first kappa shape index (κ1) is 17.8. The summed E-state index contributed by atoms with van der Waals surface area (Å²) in [7, 11) is -3.85. The molecule has 3 rings (SSSR count). The summed E-state index contributed by atoms with van der Waals surface area (Å²) in [6.07, 6.45) is 2.99. The summed E-state index contributed by atoms with van der Waals surface area (Å²) in [5.74, 6) is -1.36. The lowest BCUT2D eigenvalue weighted by molar-refractivity contribution is 0.0694. The Balaban J connectivity index is 1.97. The monoisotopic (exact) mass is 373 g/mol. The number of rotatable bonds is 6. The van der Waals surface area contributed by atoms with Crippen molar-refractivity contribution < 1.29 is 22.8 Å². The molecule has 0 spiro atoms. The summed E-state index contributed by atoms with van der Waals surface area (Å²) in [4.78, 5) is 15.7. The van der Waals surface area contributed by atoms with E-state index in [1.807, 2.05) is 0 Å². The predicted octanol–water partition coefficient (Wildman–Crippen LogP) is 2.47. The van der Waals surface area contributed by atoms with Gasteiger partial charge in [0.2, 0.25) is 10.0 Å². The SMILES string of the molecule is CC(NS(=O)(=O)c1ccccc1)c1onc(-c2cccnc2)c1C(=O)O. The van der Waals surface area contributed by atoms with E-state index in [1.54, 1.807) is 36.5 Å². The van der Waals surface area contributed by atoms with Crippen LogP contribution in [0.2, 0.25) is 0 Å². The highest BCUT2D eigenvalue weighted by atomic mass is 32.2. The number of carboxylic acid groups (broad SMARTS) is 1. The molecule has 0 aliphatic rings. The second kappa shape index (κ2) is 7.06. The van der Waals surface area contributed by atoms with Gasteiger partial charge >= 0.3 is 5.97 Å². The highest BCUT2D eigenvalue weighted by Gasteiger charge is 2.29. The Morgan fingerprint density at radius 2 is 1.92 bits per heavy atom. The van der Waals surface area contributed by atoms with Crippen molar-refractivity contribution in [3.63, 3.8) is 0 Å². The van der Waals surface area contributed by atoms with Gasteiger partial charge in [-0.05, 0) is 31.2 Å². The number of carbonyl (C=O) groups is 1. The van der Waals surface area contributed by atoms with Gasteiger partial charge in [0.15, 0.2) is 5.76 Å². The number of aromatic nitrogens is 2. The molecular formula is C17H15N3O5S. The van der Waals surface area contributed by atoms with Crippen molar-refractivity contribution in [1.82, 2.24) is 14.9 Å². The second-order valence-electron chi connectivity index (χ2n) is 5.47. The van der Waals surface area contributed by atoms with E-state index in [1.165, 1.54) is 25.3 Å². The molecule has 8 nitrogen and oxygen atoms in total. The first-order valence-corrected chi connectivity index (χ1v) is 9.09. The third-order valence-corrected chi connectivity index (χ3v) is 5.20. The van der Waals surface area contributed by atoms with Gasteiger partial charge in [-0.25, -0.2) is 17.9 Å². The molecule has 2 N–H and O–H groups in total. The van der Waals surface area contributed by atoms with E-state index in [2.05, 4.69) is 14.9 Å². The Morgan fingerprint density at radius 1 is 1.19 bits per heavy atom. The summed E-state index contributed by atoms with van der Waals surface area (Å²) in [6, 6.07) is 10.1. The molecule has 134 valence electrons. The van der Waals surface area contributed by atoms with E-state index in [4.69, 9.17) is 4.52 Å². The van der Waals surface area contributed by atoms with Crippen molar-refractivity contribution in [3.8, 4) is 11.3 Å². The number of pyridine rings is 1. The van der Waals surface area contributed by atoms with Crippen molar-refractivity contribution >= 4 is 16.0 Å². The van der Waals surface area contributed by atoms with Crippen molar-refractivity contribution in [2.24, 2.45) is 0 Å². The molecule has 1 aromatic carbocycles. The van der Waals surface area contributed by atoms with Crippen LogP contribution in [-0.4, -0.2) is 29.6 Å². The molecular weight excluding hydrogens is 358 g/mol. The number of hydrogen-bond acceptors (Lipinski definition) is 6. The topological polar surface area (TPSA) is 122 Å². The number of hydrogen-bond donors (Lipinski definition) is 2. The van der Waals surface area contributed by atoms with Gasteiger partial charge < -0.3 is 9.63 Å². The number of carboxylic acids is 1. The van der Waals surface area contributed by atoms with E-state index in [9.17, 15) is 18.3 Å². The molecule has 0 aliphatic heterocycles. The van der Waals surface area contributed by atoms with Crippen LogP contribution in [-0.2, 0) is 10.0 Å². The van der Waals surface area contributed by atoms with Gasteiger partial charge in [0, 0.05) is 18.0 Å². The average Bonchev–Trinajstić information content (AvgIpc) is 3.08. The van der Waals surface area contributed by atoms with E-state index in [0.29, 0.717) is 5.56 Å². The van der Waals surface area contributed by atoms with Crippen LogP contribution in [0.15, 0.2) is 64.3 Å². The van der Waals surface area contributed by atoms with E-state index >= 15 is 0 Å². The number of sulfonamides is 1. The third kappa shape index (κ3) is 3.48. The molecule has 0 bridgehead atoms. The van der Waals surface area contributed by atoms with Crippen molar-refractivity contribution in [2.75, 3.05) is 0 Å². The number of benzene rings is 1. The van der Waals surface area contributed by atoms with E-state index in [0.717, 1.165) is 0 Å². The Labute approximate surface area is 149 Å². The van der Waals surface area contributed by atoms with Gasteiger partial charge in [-0.1, -0.05) is 23.4 Å². The smallest absolute Gasteiger partial charge is 0.341 e. The molecule has 26 heavy (non-hydrogen) atoms. The standard InChI is InChI=1S/C17H15N3O5S/c1-11(20-26(23,24)13-7-3-2-4-8-13)16-14(17(21)22)15(19-25-16)12-6-5-9-18-10-12/h2-11,20H,1H3,(H,21,22). The second-order valence-corrected chi connectivity index (χ2v) is 7.19. The normalized spacial score (nSPS) is 12.7. The molecule has 0 saturated heterocycles. The Hall–Kier alpha value is -3.04. The molecule has 0 aliphatic carbocycles. The van der Waals surface area contributed by atoms with Crippen molar-refractivity contribution in [1.29, 1.82) is 0 Å². The van der Waals surface area contributed by atoms with Crippen LogP contribution in [0.5, 0.6) is 0 Å². The van der Waals surface area contributed by atoms with Gasteiger partial charge in [-0.2, -0.15) is 0 Å². The zero-order valence-corrected chi connectivity index (χ0v) is 14.5. The minimum atomic E-state index is -3.85. The van der Waals surface area contributed by atoms with E-state index in [-0.39, 0.29) is 21.9 Å². The molecule has 9 heteroatoms. The fourth-order valence-corrected chi connectivity index (χ4v) is 3.68. The average molecular weight is 373 g/mol. The van der Waals surface area contributed by atoms with Gasteiger partial charge in [0.25, 0.3) is 0 Å². The molecule has 1 unspecified atom stereocenters. The first-order chi connectivity index (χ1) is 12.4. The highest BCUT2D eigenvalue weighted by Crippen LogP contribution is 2.29. The number of nitrogens with one attached hydrogen (secondary N) is 1. The van der Waals surface area contributed by atoms with Crippen LogP contribution in [0.1, 0.15) is 29.1 Å². The molecule has 2 aromatic heterocycles. The molecule has 1 atom stereocenters. The minimum absolute atomic E-state index is 0.0655. The van der Waals surface area contributed by atoms with Crippen LogP contribution in [0.3, 0.4) is 0 Å². The van der Waals surface area contributed by atoms with Crippen LogP contribution in [0.25, 0.3) is 11.3 Å². The van der Waals surface area contributed by atoms with Gasteiger partial charge in [-0.3, -0.25) is 4.98 Å². The van der Waals surface area contributed by atoms with Crippen LogP contribution >= 0.6 is 0 Å². The van der Waals surface area contributed by atoms with E-state index < -0.39 is 22.0 Å². The van der Waals surface area contributed by atoms with Crippen molar-refractivity contribution in [2.45, 2.75) is 17.9 Å². The highest BCUT2D eigenvalue weighted by molar-refractivity contribution is 7.89. The maximum Gasteiger partial charge on any atom is 0.341 e. The zero-order chi connectivity index (χ0) is 18.7. The predicted molar refractivity (Wildman–Crippen MR) is 91.9 cm³/mol. The molecule has 0 radical (unpaired) electrons. The maximum absolute atomic E-state index is 12.4. The lowest BCUT2D eigenvalue weighted by Gasteiger charge is -2.12. The van der Waals surface area contributed by atoms with Crippen LogP contribution in [0.4, 0.5) is 0 Å². The van der Waals surface area contributed by atoms with Gasteiger partial charge in [0.1, 0.15) is 11.3 Å². The summed E-state index contributed by atoms with van der Waals surface area (Å²) < 4.78 is 32.5. The van der Waals surface area contributed by atoms with Crippen molar-refractivity contribution in [3.05, 3.63) is 66.2 Å². The molecule has 0 fully saturated rings. The number of aromatic carboxylic acids is 1. The summed E-state index contributed by atoms with van der Waals surface area (Å²) in [5, 5.41) is 13.4. The Morgan fingerprint density at radius 3 is 2.54 bits per heavy atom. The lowest BCUT2D eigenvalue weighted by atomic mass is 10.1. The quantitative estimate of drug-likeness (QED) is 0.680. The largest absolute Gasteiger partial charge is 0.477 e. The molecule has 0 saturated carbocycles. The molecule has 2 heterocycles. The molecule has 3 aromatic rings. The first-order valence-electron chi connectivity index (χ1n) is 7.61. The van der Waals surface area contributed by atoms with Crippen LogP contribution in [0, 0.1) is 0 Å². The Kier molecular flexibility index (Phi) is 4.83. The molecule has 0 amide bonds. The maximum atomic E-state index is 12.4. The lowest BCUT2D eigenvalue weighted by Crippen LogP contribution is -2.27. The van der Waals surface area contributed by atoms with Gasteiger partial charge in [0.05, 0.1) is 10.9 Å². The minimum Gasteiger partial charge on any atom is -0.477 e. The van der Waals surface area contributed by atoms with Crippen LogP contribution < -0.4 is 4.72 Å². The summed E-state index contributed by atoms with van der Waals surface area (Å²) in [5.41, 5.74) is 0.339. The van der Waals surface area contributed by atoms with Gasteiger partial charge in [-0.15, -0.1) is 0 Å². The fraction of sp³-hybridized carbons (Fsp3) is 0.118. The Bertz CT molecular complexity index is 1020. The number of nitrogens with zero attached hydrogens (tertiary/aromatic N) is 2. The summed E-state index contributed by atoms with van der Waals surface area (Å²) in [6.45, 7) is 1.49.